The molecule has 0 aliphatic carbocycles. The Morgan fingerprint density at radius 1 is 1.08 bits per heavy atom. The first-order valence-electron chi connectivity index (χ1n) is 8.46. The van der Waals surface area contributed by atoms with E-state index in [2.05, 4.69) is 26.9 Å². The third-order valence-corrected chi connectivity index (χ3v) is 4.64. The molecule has 0 bridgehead atoms. The molecule has 1 fully saturated rings. The molecule has 3 heterocycles. The molecule has 25 heavy (non-hydrogen) atoms. The lowest BCUT2D eigenvalue weighted by atomic mass is 10.2. The minimum Gasteiger partial charge on any atom is -0.497 e. The van der Waals surface area contributed by atoms with Crippen molar-refractivity contribution < 1.29 is 9.13 Å². The van der Waals surface area contributed by atoms with Crippen LogP contribution >= 0.6 is 0 Å². The van der Waals surface area contributed by atoms with Crippen LogP contribution in [0.5, 0.6) is 5.75 Å². The number of pyridine rings is 1. The van der Waals surface area contributed by atoms with Gasteiger partial charge in [-0.3, -0.25) is 4.90 Å². The van der Waals surface area contributed by atoms with Crippen LogP contribution in [0.1, 0.15) is 5.69 Å². The van der Waals surface area contributed by atoms with Crippen molar-refractivity contribution in [2.24, 2.45) is 0 Å². The first kappa shape index (κ1) is 15.9. The molecule has 0 unspecified atom stereocenters. The van der Waals surface area contributed by atoms with Crippen LogP contribution in [0.3, 0.4) is 0 Å². The van der Waals surface area contributed by atoms with Gasteiger partial charge in [0.1, 0.15) is 17.2 Å². The highest BCUT2D eigenvalue weighted by Gasteiger charge is 2.18. The average molecular weight is 340 g/mol. The van der Waals surface area contributed by atoms with Crippen molar-refractivity contribution in [3.05, 3.63) is 60.3 Å². The third kappa shape index (κ3) is 3.44. The number of hydrogen-bond acceptors (Lipinski definition) is 4. The van der Waals surface area contributed by atoms with E-state index >= 15 is 0 Å². The van der Waals surface area contributed by atoms with Crippen molar-refractivity contribution in [3.8, 4) is 5.75 Å². The van der Waals surface area contributed by atoms with Gasteiger partial charge in [-0.1, -0.05) is 6.07 Å². The fraction of sp³-hybridized carbons (Fsp3) is 0.316. The fourth-order valence-electron chi connectivity index (χ4n) is 3.29. The molecule has 1 aliphatic heterocycles. The minimum atomic E-state index is -0.247. The predicted molar refractivity (Wildman–Crippen MR) is 95.6 cm³/mol. The number of halogens is 1. The van der Waals surface area contributed by atoms with E-state index in [1.165, 1.54) is 18.0 Å². The van der Waals surface area contributed by atoms with Gasteiger partial charge in [0.05, 0.1) is 12.8 Å². The monoisotopic (exact) mass is 340 g/mol. The standard InChI is InChI=1S/C19H21FN4O/c1-25-18-4-2-3-17(11-18)23-9-7-22(8-10-23)13-16-14-24-12-15(20)5-6-19(24)21-16/h2-6,11-12,14H,7-10,13H2,1H3. The smallest absolute Gasteiger partial charge is 0.139 e. The van der Waals surface area contributed by atoms with Gasteiger partial charge in [-0.25, -0.2) is 9.37 Å². The van der Waals surface area contributed by atoms with Gasteiger partial charge >= 0.3 is 0 Å². The van der Waals surface area contributed by atoms with Crippen LogP contribution in [-0.4, -0.2) is 47.6 Å². The normalized spacial score (nSPS) is 15.7. The van der Waals surface area contributed by atoms with Crippen molar-refractivity contribution in [1.82, 2.24) is 14.3 Å². The van der Waals surface area contributed by atoms with E-state index in [0.29, 0.717) is 0 Å². The molecule has 3 aromatic rings. The second-order valence-electron chi connectivity index (χ2n) is 6.31. The summed E-state index contributed by atoms with van der Waals surface area (Å²) in [5.41, 5.74) is 2.95. The Bertz CT molecular complexity index is 871. The van der Waals surface area contributed by atoms with Gasteiger partial charge in [0.15, 0.2) is 0 Å². The quantitative estimate of drug-likeness (QED) is 0.731. The van der Waals surface area contributed by atoms with Gasteiger partial charge in [-0.05, 0) is 24.3 Å². The van der Waals surface area contributed by atoms with Gasteiger partial charge in [-0.2, -0.15) is 0 Å². The lowest BCUT2D eigenvalue weighted by Gasteiger charge is -2.35. The zero-order valence-corrected chi connectivity index (χ0v) is 14.2. The molecule has 1 aliphatic rings. The first-order chi connectivity index (χ1) is 12.2. The number of aromatic nitrogens is 2. The maximum atomic E-state index is 13.3. The van der Waals surface area contributed by atoms with Crippen molar-refractivity contribution in [1.29, 1.82) is 0 Å². The molecule has 2 aromatic heterocycles. The summed E-state index contributed by atoms with van der Waals surface area (Å²) in [5, 5.41) is 0. The number of imidazole rings is 1. The van der Waals surface area contributed by atoms with Crippen LogP contribution in [0.4, 0.5) is 10.1 Å². The van der Waals surface area contributed by atoms with Gasteiger partial charge < -0.3 is 14.0 Å². The van der Waals surface area contributed by atoms with E-state index in [1.54, 1.807) is 17.6 Å². The van der Waals surface area contributed by atoms with Crippen LogP contribution in [0, 0.1) is 5.82 Å². The maximum Gasteiger partial charge on any atom is 0.139 e. The highest BCUT2D eigenvalue weighted by molar-refractivity contribution is 5.51. The highest BCUT2D eigenvalue weighted by Crippen LogP contribution is 2.22. The molecule has 0 radical (unpaired) electrons. The van der Waals surface area contributed by atoms with E-state index in [-0.39, 0.29) is 5.82 Å². The lowest BCUT2D eigenvalue weighted by Crippen LogP contribution is -2.46. The Balaban J connectivity index is 1.39. The van der Waals surface area contributed by atoms with Gasteiger partial charge in [0.2, 0.25) is 0 Å². The topological polar surface area (TPSA) is 33.0 Å². The number of piperazine rings is 1. The number of rotatable bonds is 4. The van der Waals surface area contributed by atoms with Crippen LogP contribution in [0.25, 0.3) is 5.65 Å². The number of anilines is 1. The number of fused-ring (bicyclic) bond motifs is 1. The number of benzene rings is 1. The van der Waals surface area contributed by atoms with E-state index < -0.39 is 0 Å². The number of ether oxygens (including phenoxy) is 1. The molecule has 0 spiro atoms. The van der Waals surface area contributed by atoms with Crippen molar-refractivity contribution >= 4 is 11.3 Å². The molecular formula is C19H21FN4O. The Morgan fingerprint density at radius 3 is 2.72 bits per heavy atom. The molecule has 130 valence electrons. The average Bonchev–Trinajstić information content (AvgIpc) is 3.03. The number of nitrogens with zero attached hydrogens (tertiary/aromatic N) is 4. The summed E-state index contributed by atoms with van der Waals surface area (Å²) < 4.78 is 20.3. The van der Waals surface area contributed by atoms with Crippen LogP contribution < -0.4 is 9.64 Å². The second kappa shape index (κ2) is 6.72. The number of hydrogen-bond donors (Lipinski definition) is 0. The first-order valence-corrected chi connectivity index (χ1v) is 8.46. The molecule has 0 atom stereocenters. The minimum absolute atomic E-state index is 0.247. The summed E-state index contributed by atoms with van der Waals surface area (Å²) in [4.78, 5) is 9.33. The molecule has 0 saturated carbocycles. The van der Waals surface area contributed by atoms with E-state index in [0.717, 1.165) is 49.8 Å². The summed E-state index contributed by atoms with van der Waals surface area (Å²) in [7, 11) is 1.69. The van der Waals surface area contributed by atoms with Crippen molar-refractivity contribution in [2.75, 3.05) is 38.2 Å². The van der Waals surface area contributed by atoms with Crippen LogP contribution in [-0.2, 0) is 6.54 Å². The van der Waals surface area contributed by atoms with Crippen molar-refractivity contribution in [2.45, 2.75) is 6.54 Å². The van der Waals surface area contributed by atoms with E-state index in [9.17, 15) is 4.39 Å². The third-order valence-electron chi connectivity index (χ3n) is 4.64. The Kier molecular flexibility index (Phi) is 4.28. The van der Waals surface area contributed by atoms with Gasteiger partial charge in [-0.15, -0.1) is 0 Å². The summed E-state index contributed by atoms with van der Waals surface area (Å²) in [6.45, 7) is 4.67. The summed E-state index contributed by atoms with van der Waals surface area (Å²) in [6, 6.07) is 11.3. The van der Waals surface area contributed by atoms with Gasteiger partial charge in [0, 0.05) is 56.9 Å². The summed E-state index contributed by atoms with van der Waals surface area (Å²) >= 11 is 0. The molecule has 6 heteroatoms. The molecule has 4 rings (SSSR count). The second-order valence-corrected chi connectivity index (χ2v) is 6.31. The van der Waals surface area contributed by atoms with Crippen molar-refractivity contribution in [3.63, 3.8) is 0 Å². The SMILES string of the molecule is COc1cccc(N2CCN(Cc3cn4cc(F)ccc4n3)CC2)c1. The molecule has 0 amide bonds. The fourth-order valence-corrected chi connectivity index (χ4v) is 3.29. The lowest BCUT2D eigenvalue weighted by molar-refractivity contribution is 0.247. The van der Waals surface area contributed by atoms with Gasteiger partial charge in [0.25, 0.3) is 0 Å². The van der Waals surface area contributed by atoms with E-state index in [1.807, 2.05) is 18.3 Å². The molecular weight excluding hydrogens is 319 g/mol. The van der Waals surface area contributed by atoms with Crippen LogP contribution in [0.2, 0.25) is 0 Å². The number of methoxy groups -OCH3 is 1. The molecule has 1 aromatic carbocycles. The largest absolute Gasteiger partial charge is 0.497 e. The maximum absolute atomic E-state index is 13.3. The van der Waals surface area contributed by atoms with E-state index in [4.69, 9.17) is 4.74 Å². The summed E-state index contributed by atoms with van der Waals surface area (Å²) in [6.07, 6.45) is 3.37. The van der Waals surface area contributed by atoms with Crippen LogP contribution in [0.15, 0.2) is 48.8 Å². The molecule has 5 nitrogen and oxygen atoms in total. The Labute approximate surface area is 146 Å². The zero-order valence-electron chi connectivity index (χ0n) is 14.2. The molecule has 1 saturated heterocycles. The Morgan fingerprint density at radius 2 is 1.92 bits per heavy atom. The predicted octanol–water partition coefficient (Wildman–Crippen LogP) is 2.80. The summed E-state index contributed by atoms with van der Waals surface area (Å²) in [5.74, 6) is 0.639. The molecule has 0 N–H and O–H groups in total. The zero-order chi connectivity index (χ0) is 17.2. The Hall–Kier alpha value is -2.60. The highest BCUT2D eigenvalue weighted by atomic mass is 19.1.